The molecule has 1 N–H and O–H groups in total. The summed E-state index contributed by atoms with van der Waals surface area (Å²) in [6, 6.07) is 10.8. The second kappa shape index (κ2) is 5.33. The Morgan fingerprint density at radius 3 is 2.29 bits per heavy atom. The average Bonchev–Trinajstić information content (AvgIpc) is 2.39. The van der Waals surface area contributed by atoms with Gasteiger partial charge >= 0.3 is 0 Å². The maximum absolute atomic E-state index is 2.38. The Bertz CT molecular complexity index is 389. The lowest BCUT2D eigenvalue weighted by Gasteiger charge is -2.30. The number of rotatable bonds is 4. The highest BCUT2D eigenvalue weighted by Crippen LogP contribution is 2.33. The minimum atomic E-state index is 0.122. The van der Waals surface area contributed by atoms with E-state index in [2.05, 4.69) is 68.7 Å². The normalized spacial score (nSPS) is 17.6. The maximum Gasteiger partial charge on any atom is 0.0781 e. The van der Waals surface area contributed by atoms with Crippen LogP contribution in [-0.2, 0) is 5.41 Å². The van der Waals surface area contributed by atoms with E-state index in [4.69, 9.17) is 0 Å². The van der Waals surface area contributed by atoms with E-state index in [1.807, 2.05) is 0 Å². The SMILES string of the molecule is C[NH+](C)CCC1(c2ccccc2)C=CCC=C1. The van der Waals surface area contributed by atoms with Crippen LogP contribution in [-0.4, -0.2) is 20.6 Å². The second-order valence-corrected chi connectivity index (χ2v) is 5.15. The fraction of sp³-hybridized carbons (Fsp3) is 0.375. The standard InChI is InChI=1S/C16H21N/c1-17(2)14-13-16(11-7-4-8-12-16)15-9-5-3-6-10-15/h3,5-12H,4,13-14H2,1-2H3/p+1. The number of nitrogens with one attached hydrogen (secondary N) is 1. The molecular weight excluding hydrogens is 206 g/mol. The van der Waals surface area contributed by atoms with Crippen molar-refractivity contribution in [1.29, 1.82) is 0 Å². The van der Waals surface area contributed by atoms with E-state index in [-0.39, 0.29) is 5.41 Å². The van der Waals surface area contributed by atoms with Gasteiger partial charge in [-0.1, -0.05) is 54.6 Å². The smallest absolute Gasteiger partial charge is 0.0781 e. The van der Waals surface area contributed by atoms with Crippen LogP contribution in [0.4, 0.5) is 0 Å². The zero-order valence-corrected chi connectivity index (χ0v) is 10.8. The minimum absolute atomic E-state index is 0.122. The summed E-state index contributed by atoms with van der Waals surface area (Å²) in [5, 5.41) is 0. The number of benzene rings is 1. The molecule has 0 atom stereocenters. The first-order chi connectivity index (χ1) is 8.23. The van der Waals surface area contributed by atoms with Gasteiger partial charge in [-0.2, -0.15) is 0 Å². The summed E-state index contributed by atoms with van der Waals surface area (Å²) < 4.78 is 0. The van der Waals surface area contributed by atoms with Crippen LogP contribution in [0.3, 0.4) is 0 Å². The third kappa shape index (κ3) is 2.86. The third-order valence-corrected chi connectivity index (χ3v) is 3.45. The molecule has 0 bridgehead atoms. The Kier molecular flexibility index (Phi) is 3.80. The molecule has 0 unspecified atom stereocenters. The Morgan fingerprint density at radius 2 is 1.71 bits per heavy atom. The van der Waals surface area contributed by atoms with E-state index in [9.17, 15) is 0 Å². The van der Waals surface area contributed by atoms with Crippen LogP contribution in [0.2, 0.25) is 0 Å². The van der Waals surface area contributed by atoms with Crippen LogP contribution >= 0.6 is 0 Å². The van der Waals surface area contributed by atoms with Crippen LogP contribution in [0.5, 0.6) is 0 Å². The van der Waals surface area contributed by atoms with Crippen molar-refractivity contribution in [3.63, 3.8) is 0 Å². The number of hydrogen-bond acceptors (Lipinski definition) is 0. The van der Waals surface area contributed by atoms with E-state index in [0.29, 0.717) is 0 Å². The summed E-state index contributed by atoms with van der Waals surface area (Å²) in [7, 11) is 4.43. The van der Waals surface area contributed by atoms with Gasteiger partial charge in [0.25, 0.3) is 0 Å². The maximum atomic E-state index is 2.38. The zero-order valence-electron chi connectivity index (χ0n) is 10.8. The third-order valence-electron chi connectivity index (χ3n) is 3.45. The first-order valence-electron chi connectivity index (χ1n) is 6.43. The largest absolute Gasteiger partial charge is 0.340 e. The van der Waals surface area contributed by atoms with Crippen LogP contribution < -0.4 is 4.90 Å². The molecular formula is C16H22N+. The lowest BCUT2D eigenvalue weighted by molar-refractivity contribution is -0.858. The molecule has 0 radical (unpaired) electrons. The van der Waals surface area contributed by atoms with Gasteiger partial charge in [-0.15, -0.1) is 0 Å². The molecule has 1 aliphatic rings. The lowest BCUT2D eigenvalue weighted by Crippen LogP contribution is -3.05. The molecule has 0 fully saturated rings. The summed E-state index contributed by atoms with van der Waals surface area (Å²) in [6.07, 6.45) is 11.6. The predicted octanol–water partition coefficient (Wildman–Crippen LogP) is 1.98. The van der Waals surface area contributed by atoms with Crippen molar-refractivity contribution in [1.82, 2.24) is 0 Å². The van der Waals surface area contributed by atoms with E-state index in [1.165, 1.54) is 23.4 Å². The molecule has 1 aromatic rings. The van der Waals surface area contributed by atoms with Crippen LogP contribution in [0.15, 0.2) is 54.6 Å². The summed E-state index contributed by atoms with van der Waals surface area (Å²) in [6.45, 7) is 1.18. The van der Waals surface area contributed by atoms with Gasteiger partial charge in [0.15, 0.2) is 0 Å². The molecule has 0 saturated carbocycles. The molecule has 0 heterocycles. The van der Waals surface area contributed by atoms with Gasteiger partial charge in [0.2, 0.25) is 0 Å². The molecule has 1 aliphatic carbocycles. The van der Waals surface area contributed by atoms with Gasteiger partial charge in [-0.3, -0.25) is 0 Å². The van der Waals surface area contributed by atoms with Gasteiger partial charge in [-0.05, 0) is 12.0 Å². The molecule has 1 nitrogen and oxygen atoms in total. The van der Waals surface area contributed by atoms with Gasteiger partial charge < -0.3 is 4.90 Å². The molecule has 17 heavy (non-hydrogen) atoms. The van der Waals surface area contributed by atoms with Crippen molar-refractivity contribution in [2.45, 2.75) is 18.3 Å². The highest BCUT2D eigenvalue weighted by molar-refractivity contribution is 5.38. The first kappa shape index (κ1) is 12.1. The van der Waals surface area contributed by atoms with Gasteiger partial charge in [0.05, 0.1) is 20.6 Å². The monoisotopic (exact) mass is 228 g/mol. The average molecular weight is 228 g/mol. The lowest BCUT2D eigenvalue weighted by atomic mass is 9.75. The van der Waals surface area contributed by atoms with Crippen molar-refractivity contribution < 1.29 is 4.90 Å². The molecule has 2 rings (SSSR count). The van der Waals surface area contributed by atoms with Crippen molar-refractivity contribution >= 4 is 0 Å². The number of quaternary nitrogens is 1. The number of allylic oxidation sites excluding steroid dienone is 4. The summed E-state index contributed by atoms with van der Waals surface area (Å²) in [5.74, 6) is 0. The van der Waals surface area contributed by atoms with Crippen molar-refractivity contribution in [3.8, 4) is 0 Å². The van der Waals surface area contributed by atoms with E-state index in [0.717, 1.165) is 6.42 Å². The quantitative estimate of drug-likeness (QED) is 0.752. The predicted molar refractivity (Wildman–Crippen MR) is 73.3 cm³/mol. The molecule has 0 aliphatic heterocycles. The molecule has 0 amide bonds. The summed E-state index contributed by atoms with van der Waals surface area (Å²) in [5.41, 5.74) is 1.53. The number of hydrogen-bond donors (Lipinski definition) is 1. The molecule has 0 aromatic heterocycles. The van der Waals surface area contributed by atoms with Crippen LogP contribution in [0.1, 0.15) is 18.4 Å². The van der Waals surface area contributed by atoms with Gasteiger partial charge in [-0.25, -0.2) is 0 Å². The van der Waals surface area contributed by atoms with E-state index < -0.39 is 0 Å². The van der Waals surface area contributed by atoms with Crippen molar-refractivity contribution in [3.05, 3.63) is 60.2 Å². The summed E-state index contributed by atoms with van der Waals surface area (Å²) >= 11 is 0. The topological polar surface area (TPSA) is 4.44 Å². The summed E-state index contributed by atoms with van der Waals surface area (Å²) in [4.78, 5) is 1.51. The molecule has 1 aromatic carbocycles. The highest BCUT2D eigenvalue weighted by Gasteiger charge is 2.28. The molecule has 1 heteroatoms. The van der Waals surface area contributed by atoms with Crippen LogP contribution in [0.25, 0.3) is 0 Å². The van der Waals surface area contributed by atoms with Crippen molar-refractivity contribution in [2.24, 2.45) is 0 Å². The highest BCUT2D eigenvalue weighted by atomic mass is 15.0. The Morgan fingerprint density at radius 1 is 1.06 bits per heavy atom. The van der Waals surface area contributed by atoms with E-state index in [1.54, 1.807) is 0 Å². The molecule has 90 valence electrons. The Labute approximate surface area is 104 Å². The Hall–Kier alpha value is -1.34. The van der Waals surface area contributed by atoms with Gasteiger partial charge in [0, 0.05) is 11.8 Å². The fourth-order valence-corrected chi connectivity index (χ4v) is 2.40. The zero-order chi connectivity index (χ0) is 12.1. The van der Waals surface area contributed by atoms with E-state index >= 15 is 0 Å². The van der Waals surface area contributed by atoms with Crippen LogP contribution in [0, 0.1) is 0 Å². The molecule has 0 saturated heterocycles. The van der Waals surface area contributed by atoms with Gasteiger partial charge in [0.1, 0.15) is 0 Å². The minimum Gasteiger partial charge on any atom is -0.340 e. The van der Waals surface area contributed by atoms with Crippen molar-refractivity contribution in [2.75, 3.05) is 20.6 Å². The first-order valence-corrected chi connectivity index (χ1v) is 6.43. The fourth-order valence-electron chi connectivity index (χ4n) is 2.40. The Balaban J connectivity index is 2.27. The molecule has 0 spiro atoms. The second-order valence-electron chi connectivity index (χ2n) is 5.15.